The Morgan fingerprint density at radius 3 is 2.75 bits per heavy atom. The maximum atomic E-state index is 11.8. The van der Waals surface area contributed by atoms with Crippen LogP contribution in [0.15, 0.2) is 34.9 Å². The number of hydrogen-bond donors (Lipinski definition) is 3. The van der Waals surface area contributed by atoms with Gasteiger partial charge in [0.2, 0.25) is 5.91 Å². The van der Waals surface area contributed by atoms with Crippen molar-refractivity contribution in [3.05, 3.63) is 36.2 Å². The number of carbonyl (C=O) groups is 3. The average molecular weight is 329 g/mol. The van der Waals surface area contributed by atoms with Gasteiger partial charge in [-0.05, 0) is 18.6 Å². The van der Waals surface area contributed by atoms with Crippen LogP contribution in [0.3, 0.4) is 0 Å². The summed E-state index contributed by atoms with van der Waals surface area (Å²) in [6.07, 6.45) is 0.326. The number of hydrogen-bond acceptors (Lipinski definition) is 6. The lowest BCUT2D eigenvalue weighted by Gasteiger charge is -2.06. The molecule has 0 saturated carbocycles. The summed E-state index contributed by atoms with van der Waals surface area (Å²) in [5.41, 5.74) is 0.797. The van der Waals surface area contributed by atoms with Crippen LogP contribution in [0.4, 0.5) is 4.79 Å². The molecule has 0 aliphatic carbocycles. The van der Waals surface area contributed by atoms with E-state index in [9.17, 15) is 14.4 Å². The predicted molar refractivity (Wildman–Crippen MR) is 81.3 cm³/mol. The van der Waals surface area contributed by atoms with Gasteiger partial charge in [-0.3, -0.25) is 14.9 Å². The first-order valence-electron chi connectivity index (χ1n) is 7.38. The highest BCUT2D eigenvalue weighted by Gasteiger charge is 2.29. The van der Waals surface area contributed by atoms with E-state index in [0.29, 0.717) is 11.7 Å². The van der Waals surface area contributed by atoms with Gasteiger partial charge in [0.05, 0.1) is 6.54 Å². The third-order valence-electron chi connectivity index (χ3n) is 3.45. The van der Waals surface area contributed by atoms with Gasteiger partial charge in [-0.2, -0.15) is 4.98 Å². The second-order valence-electron chi connectivity index (χ2n) is 5.21. The molecular weight excluding hydrogens is 314 g/mol. The molecule has 2 heterocycles. The van der Waals surface area contributed by atoms with Crippen molar-refractivity contribution in [1.82, 2.24) is 26.1 Å². The fraction of sp³-hybridized carbons (Fsp3) is 0.267. The Bertz CT molecular complexity index is 758. The van der Waals surface area contributed by atoms with Gasteiger partial charge in [0.15, 0.2) is 5.82 Å². The van der Waals surface area contributed by atoms with Crippen molar-refractivity contribution in [3.8, 4) is 11.5 Å². The van der Waals surface area contributed by atoms with Crippen molar-refractivity contribution < 1.29 is 18.9 Å². The van der Waals surface area contributed by atoms with Crippen molar-refractivity contribution in [2.45, 2.75) is 25.4 Å². The van der Waals surface area contributed by atoms with E-state index in [-0.39, 0.29) is 25.3 Å². The average Bonchev–Trinajstić information content (AvgIpc) is 3.18. The Hall–Kier alpha value is -3.23. The zero-order valence-electron chi connectivity index (χ0n) is 12.6. The summed E-state index contributed by atoms with van der Waals surface area (Å²) >= 11 is 0. The lowest BCUT2D eigenvalue weighted by atomic mass is 10.1. The van der Waals surface area contributed by atoms with Crippen LogP contribution < -0.4 is 16.0 Å². The largest absolute Gasteiger partial charge is 0.349 e. The molecule has 9 heteroatoms. The molecule has 124 valence electrons. The lowest BCUT2D eigenvalue weighted by Crippen LogP contribution is -2.31. The zero-order chi connectivity index (χ0) is 16.9. The molecule has 2 aromatic rings. The number of rotatable bonds is 6. The molecule has 9 nitrogen and oxygen atoms in total. The molecule has 1 atom stereocenters. The van der Waals surface area contributed by atoms with Crippen LogP contribution in [-0.2, 0) is 16.1 Å². The molecule has 0 unspecified atom stereocenters. The molecule has 0 bridgehead atoms. The van der Waals surface area contributed by atoms with Gasteiger partial charge in [-0.25, -0.2) is 4.79 Å². The van der Waals surface area contributed by atoms with Crippen LogP contribution in [0.1, 0.15) is 18.7 Å². The van der Waals surface area contributed by atoms with Crippen LogP contribution in [0.2, 0.25) is 0 Å². The molecule has 0 radical (unpaired) electrons. The van der Waals surface area contributed by atoms with Gasteiger partial charge < -0.3 is 15.2 Å². The van der Waals surface area contributed by atoms with E-state index in [0.717, 1.165) is 5.56 Å². The number of imide groups is 1. The summed E-state index contributed by atoms with van der Waals surface area (Å²) < 4.78 is 5.14. The number of nitrogens with one attached hydrogen (secondary N) is 3. The van der Waals surface area contributed by atoms with Crippen molar-refractivity contribution in [3.63, 3.8) is 0 Å². The Morgan fingerprint density at radius 1 is 1.25 bits per heavy atom. The molecule has 1 aromatic carbocycles. The van der Waals surface area contributed by atoms with Gasteiger partial charge in [0.25, 0.3) is 11.8 Å². The number of nitrogens with zero attached hydrogens (tertiary/aromatic N) is 2. The Balaban J connectivity index is 1.46. The molecule has 1 aliphatic rings. The predicted octanol–water partition coefficient (Wildman–Crippen LogP) is 0.341. The number of carbonyl (C=O) groups excluding carboxylic acids is 3. The van der Waals surface area contributed by atoms with E-state index in [1.807, 2.05) is 30.3 Å². The SMILES string of the molecule is O=C(CC[C@@H]1NC(=O)NC1=O)NCc1noc(-c2ccccc2)n1. The third-order valence-corrected chi connectivity index (χ3v) is 3.45. The molecule has 1 aromatic heterocycles. The Labute approximate surface area is 136 Å². The summed E-state index contributed by atoms with van der Waals surface area (Å²) in [4.78, 5) is 38.3. The molecule has 3 rings (SSSR count). The summed E-state index contributed by atoms with van der Waals surface area (Å²) in [5, 5.41) is 11.0. The van der Waals surface area contributed by atoms with Gasteiger partial charge in [0, 0.05) is 12.0 Å². The highest BCUT2D eigenvalue weighted by Crippen LogP contribution is 2.15. The van der Waals surface area contributed by atoms with E-state index >= 15 is 0 Å². The van der Waals surface area contributed by atoms with Gasteiger partial charge >= 0.3 is 6.03 Å². The first kappa shape index (κ1) is 15.7. The minimum absolute atomic E-state index is 0.0990. The zero-order valence-corrected chi connectivity index (χ0v) is 12.6. The number of benzene rings is 1. The monoisotopic (exact) mass is 329 g/mol. The van der Waals surface area contributed by atoms with Crippen LogP contribution >= 0.6 is 0 Å². The second-order valence-corrected chi connectivity index (χ2v) is 5.21. The van der Waals surface area contributed by atoms with Crippen molar-refractivity contribution in [2.75, 3.05) is 0 Å². The highest BCUT2D eigenvalue weighted by atomic mass is 16.5. The molecule has 0 spiro atoms. The first-order valence-corrected chi connectivity index (χ1v) is 7.38. The van der Waals surface area contributed by atoms with Crippen molar-refractivity contribution >= 4 is 17.8 Å². The van der Waals surface area contributed by atoms with E-state index in [2.05, 4.69) is 26.1 Å². The maximum absolute atomic E-state index is 11.8. The van der Waals surface area contributed by atoms with Gasteiger partial charge in [0.1, 0.15) is 6.04 Å². The lowest BCUT2D eigenvalue weighted by molar-refractivity contribution is -0.122. The highest BCUT2D eigenvalue weighted by molar-refractivity contribution is 6.04. The fourth-order valence-electron chi connectivity index (χ4n) is 2.23. The normalized spacial score (nSPS) is 16.6. The molecule has 24 heavy (non-hydrogen) atoms. The number of amides is 4. The van der Waals surface area contributed by atoms with Crippen LogP contribution in [-0.4, -0.2) is 34.0 Å². The Morgan fingerprint density at radius 2 is 2.04 bits per heavy atom. The topological polar surface area (TPSA) is 126 Å². The molecule has 4 amide bonds. The number of urea groups is 1. The summed E-state index contributed by atoms with van der Waals surface area (Å²) in [5.74, 6) is 0.0489. The van der Waals surface area contributed by atoms with Crippen LogP contribution in [0.25, 0.3) is 11.5 Å². The summed E-state index contributed by atoms with van der Waals surface area (Å²) in [7, 11) is 0. The van der Waals surface area contributed by atoms with E-state index in [4.69, 9.17) is 4.52 Å². The Kier molecular flexibility index (Phi) is 4.50. The summed E-state index contributed by atoms with van der Waals surface area (Å²) in [6, 6.07) is 8.09. The maximum Gasteiger partial charge on any atom is 0.322 e. The van der Waals surface area contributed by atoms with E-state index in [1.54, 1.807) is 0 Å². The molecule has 3 N–H and O–H groups in total. The minimum atomic E-state index is -0.668. The molecule has 1 fully saturated rings. The van der Waals surface area contributed by atoms with E-state index in [1.165, 1.54) is 0 Å². The van der Waals surface area contributed by atoms with Crippen molar-refractivity contribution in [1.29, 1.82) is 0 Å². The standard InChI is InChI=1S/C15H15N5O4/c21-12(7-6-10-13(22)19-15(23)17-10)16-8-11-18-14(24-20-11)9-4-2-1-3-5-9/h1-5,10H,6-8H2,(H,16,21)(H2,17,19,22,23)/t10-/m0/s1. The quantitative estimate of drug-likeness (QED) is 0.656. The number of aromatic nitrogens is 2. The molecule has 1 saturated heterocycles. The minimum Gasteiger partial charge on any atom is -0.349 e. The van der Waals surface area contributed by atoms with Crippen molar-refractivity contribution in [2.24, 2.45) is 0 Å². The molecular formula is C15H15N5O4. The third kappa shape index (κ3) is 3.75. The second kappa shape index (κ2) is 6.90. The smallest absolute Gasteiger partial charge is 0.322 e. The van der Waals surface area contributed by atoms with Gasteiger partial charge in [-0.1, -0.05) is 23.4 Å². The summed E-state index contributed by atoms with van der Waals surface area (Å²) in [6.45, 7) is 0.123. The van der Waals surface area contributed by atoms with Gasteiger partial charge in [-0.15, -0.1) is 0 Å². The van der Waals surface area contributed by atoms with Crippen LogP contribution in [0, 0.1) is 0 Å². The van der Waals surface area contributed by atoms with E-state index < -0.39 is 18.0 Å². The first-order chi connectivity index (χ1) is 11.6. The molecule has 1 aliphatic heterocycles. The van der Waals surface area contributed by atoms with Crippen LogP contribution in [0.5, 0.6) is 0 Å². The fourth-order valence-corrected chi connectivity index (χ4v) is 2.23.